The summed E-state index contributed by atoms with van der Waals surface area (Å²) in [5.41, 5.74) is 2.87. The van der Waals surface area contributed by atoms with Crippen molar-refractivity contribution in [3.63, 3.8) is 0 Å². The number of fused-ring (bicyclic) bond motifs is 1. The molecule has 1 amide bonds. The molecule has 0 fully saturated rings. The topological polar surface area (TPSA) is 58.1 Å². The second kappa shape index (κ2) is 7.30. The summed E-state index contributed by atoms with van der Waals surface area (Å²) in [5.74, 6) is 0.426. The van der Waals surface area contributed by atoms with Crippen LogP contribution in [0, 0.1) is 5.92 Å². The lowest BCUT2D eigenvalue weighted by Crippen LogP contribution is -2.44. The molecule has 1 aromatic heterocycles. The molecule has 5 nitrogen and oxygen atoms in total. The van der Waals surface area contributed by atoms with Gasteiger partial charge < -0.3 is 4.90 Å². The molecule has 1 aromatic carbocycles. The van der Waals surface area contributed by atoms with E-state index in [1.165, 1.54) is 5.56 Å². The Bertz CT molecular complexity index is 803. The number of nitrogens with zero attached hydrogens (tertiary/aromatic N) is 2. The van der Waals surface area contributed by atoms with Gasteiger partial charge >= 0.3 is 0 Å². The van der Waals surface area contributed by atoms with Crippen LogP contribution in [0.1, 0.15) is 44.9 Å². The van der Waals surface area contributed by atoms with Crippen LogP contribution in [0.5, 0.6) is 0 Å². The van der Waals surface area contributed by atoms with Gasteiger partial charge in [-0.05, 0) is 36.8 Å². The Balaban J connectivity index is 1.84. The van der Waals surface area contributed by atoms with E-state index >= 15 is 0 Å². The summed E-state index contributed by atoms with van der Waals surface area (Å²) in [6.07, 6.45) is 3.17. The van der Waals surface area contributed by atoms with Crippen LogP contribution in [0.15, 0.2) is 35.1 Å². The molecule has 1 unspecified atom stereocenters. The van der Waals surface area contributed by atoms with E-state index in [1.807, 2.05) is 23.1 Å². The first-order chi connectivity index (χ1) is 12.0. The van der Waals surface area contributed by atoms with Crippen LogP contribution in [-0.2, 0) is 24.2 Å². The molecule has 3 rings (SSSR count). The van der Waals surface area contributed by atoms with Gasteiger partial charge in [-0.3, -0.25) is 19.4 Å². The highest BCUT2D eigenvalue weighted by Gasteiger charge is 2.29. The van der Waals surface area contributed by atoms with Crippen LogP contribution in [0.2, 0.25) is 0 Å². The lowest BCUT2D eigenvalue weighted by molar-refractivity contribution is -0.118. The van der Waals surface area contributed by atoms with Gasteiger partial charge in [0, 0.05) is 30.0 Å². The third kappa shape index (κ3) is 3.70. The summed E-state index contributed by atoms with van der Waals surface area (Å²) >= 11 is 0. The van der Waals surface area contributed by atoms with E-state index in [4.69, 9.17) is 0 Å². The standard InChI is InChI=1S/C20H27N3O2/c1-4-17-10-9-15-7-5-6-8-18(15)23(17)20(25)12-16-11-19(24)22(21-16)13-14(2)3/h5-8,11,14,17,21H,4,9-10,12-13H2,1-3H3. The predicted molar refractivity (Wildman–Crippen MR) is 99.9 cm³/mol. The third-order valence-corrected chi connectivity index (χ3v) is 4.83. The Morgan fingerprint density at radius 3 is 2.80 bits per heavy atom. The first kappa shape index (κ1) is 17.5. The van der Waals surface area contributed by atoms with Gasteiger partial charge in [-0.25, -0.2) is 0 Å². The van der Waals surface area contributed by atoms with E-state index in [0.29, 0.717) is 18.2 Å². The molecule has 0 aliphatic carbocycles. The number of para-hydroxylation sites is 1. The summed E-state index contributed by atoms with van der Waals surface area (Å²) in [6, 6.07) is 9.92. The van der Waals surface area contributed by atoms with Crippen LogP contribution in [0.3, 0.4) is 0 Å². The molecule has 1 atom stereocenters. The average molecular weight is 341 g/mol. The Morgan fingerprint density at radius 1 is 1.32 bits per heavy atom. The number of H-pyrrole nitrogens is 1. The average Bonchev–Trinajstić information content (AvgIpc) is 2.92. The molecule has 0 saturated carbocycles. The number of anilines is 1. The second-order valence-corrected chi connectivity index (χ2v) is 7.29. The molecule has 25 heavy (non-hydrogen) atoms. The zero-order valence-corrected chi connectivity index (χ0v) is 15.3. The van der Waals surface area contributed by atoms with Crippen molar-refractivity contribution in [3.8, 4) is 0 Å². The van der Waals surface area contributed by atoms with E-state index in [0.717, 1.165) is 24.9 Å². The fraction of sp³-hybridized carbons (Fsp3) is 0.500. The molecule has 1 aliphatic heterocycles. The summed E-state index contributed by atoms with van der Waals surface area (Å²) < 4.78 is 1.59. The molecule has 134 valence electrons. The summed E-state index contributed by atoms with van der Waals surface area (Å²) in [4.78, 5) is 27.0. The number of hydrogen-bond donors (Lipinski definition) is 1. The lowest BCUT2D eigenvalue weighted by atomic mass is 9.94. The van der Waals surface area contributed by atoms with Crippen LogP contribution >= 0.6 is 0 Å². The number of hydrogen-bond acceptors (Lipinski definition) is 2. The molecule has 0 spiro atoms. The largest absolute Gasteiger partial charge is 0.309 e. The minimum Gasteiger partial charge on any atom is -0.309 e. The van der Waals surface area contributed by atoms with Gasteiger partial charge in [0.1, 0.15) is 0 Å². The molecule has 2 aromatic rings. The minimum absolute atomic E-state index is 0.0527. The second-order valence-electron chi connectivity index (χ2n) is 7.29. The minimum atomic E-state index is -0.0671. The normalized spacial score (nSPS) is 17.0. The predicted octanol–water partition coefficient (Wildman–Crippen LogP) is 3.13. The number of aromatic amines is 1. The monoisotopic (exact) mass is 341 g/mol. The van der Waals surface area contributed by atoms with Crippen LogP contribution < -0.4 is 10.5 Å². The summed E-state index contributed by atoms with van der Waals surface area (Å²) in [7, 11) is 0. The maximum atomic E-state index is 13.0. The van der Waals surface area contributed by atoms with Crippen molar-refractivity contribution < 1.29 is 4.79 Å². The summed E-state index contributed by atoms with van der Waals surface area (Å²) in [6.45, 7) is 6.89. The molecule has 0 radical (unpaired) electrons. The van der Waals surface area contributed by atoms with Gasteiger partial charge in [0.25, 0.3) is 5.56 Å². The molecule has 1 aliphatic rings. The molecular formula is C20H27N3O2. The quantitative estimate of drug-likeness (QED) is 0.908. The summed E-state index contributed by atoms with van der Waals surface area (Å²) in [5, 5.41) is 3.10. The van der Waals surface area contributed by atoms with E-state index in [2.05, 4.69) is 31.9 Å². The third-order valence-electron chi connectivity index (χ3n) is 4.83. The number of carbonyl (C=O) groups excluding carboxylic acids is 1. The highest BCUT2D eigenvalue weighted by molar-refractivity contribution is 5.96. The zero-order valence-electron chi connectivity index (χ0n) is 15.3. The first-order valence-electron chi connectivity index (χ1n) is 9.18. The maximum Gasteiger partial charge on any atom is 0.266 e. The molecule has 2 heterocycles. The Labute approximate surface area is 148 Å². The Hall–Kier alpha value is -2.30. The molecule has 1 N–H and O–H groups in total. The van der Waals surface area contributed by atoms with Crippen molar-refractivity contribution in [2.24, 2.45) is 5.92 Å². The number of nitrogens with one attached hydrogen (secondary N) is 1. The smallest absolute Gasteiger partial charge is 0.266 e. The van der Waals surface area contributed by atoms with Crippen molar-refractivity contribution in [3.05, 3.63) is 51.9 Å². The fourth-order valence-electron chi connectivity index (χ4n) is 3.66. The van der Waals surface area contributed by atoms with Crippen molar-refractivity contribution in [1.29, 1.82) is 0 Å². The van der Waals surface area contributed by atoms with Crippen LogP contribution in [-0.4, -0.2) is 21.7 Å². The van der Waals surface area contributed by atoms with Crippen molar-refractivity contribution in [2.75, 3.05) is 4.90 Å². The van der Waals surface area contributed by atoms with E-state index in [9.17, 15) is 9.59 Å². The molecule has 5 heteroatoms. The fourth-order valence-corrected chi connectivity index (χ4v) is 3.66. The SMILES string of the molecule is CCC1CCc2ccccc2N1C(=O)Cc1cc(=O)n(CC(C)C)[nH]1. The number of aryl methyl sites for hydroxylation is 1. The van der Waals surface area contributed by atoms with Gasteiger partial charge in [-0.15, -0.1) is 0 Å². The first-order valence-corrected chi connectivity index (χ1v) is 9.18. The van der Waals surface area contributed by atoms with E-state index in [1.54, 1.807) is 10.7 Å². The number of aromatic nitrogens is 2. The highest BCUT2D eigenvalue weighted by atomic mass is 16.2. The Kier molecular flexibility index (Phi) is 5.11. The number of benzene rings is 1. The van der Waals surface area contributed by atoms with Crippen molar-refractivity contribution >= 4 is 11.6 Å². The molecule has 0 bridgehead atoms. The lowest BCUT2D eigenvalue weighted by Gasteiger charge is -2.37. The van der Waals surface area contributed by atoms with Crippen molar-refractivity contribution in [1.82, 2.24) is 9.78 Å². The zero-order chi connectivity index (χ0) is 18.0. The Morgan fingerprint density at radius 2 is 2.08 bits per heavy atom. The molecular weight excluding hydrogens is 314 g/mol. The van der Waals surface area contributed by atoms with Gasteiger partial charge in [-0.2, -0.15) is 0 Å². The number of rotatable bonds is 5. The van der Waals surface area contributed by atoms with Crippen molar-refractivity contribution in [2.45, 2.75) is 59.0 Å². The van der Waals surface area contributed by atoms with Gasteiger partial charge in [0.15, 0.2) is 0 Å². The number of carbonyl (C=O) groups is 1. The highest BCUT2D eigenvalue weighted by Crippen LogP contribution is 2.32. The maximum absolute atomic E-state index is 13.0. The van der Waals surface area contributed by atoms with Gasteiger partial charge in [-0.1, -0.05) is 39.0 Å². The van der Waals surface area contributed by atoms with E-state index < -0.39 is 0 Å². The van der Waals surface area contributed by atoms with Crippen LogP contribution in [0.25, 0.3) is 0 Å². The van der Waals surface area contributed by atoms with E-state index in [-0.39, 0.29) is 23.9 Å². The van der Waals surface area contributed by atoms with Crippen LogP contribution in [0.4, 0.5) is 5.69 Å². The van der Waals surface area contributed by atoms with Gasteiger partial charge in [0.05, 0.1) is 6.42 Å². The van der Waals surface area contributed by atoms with Gasteiger partial charge in [0.2, 0.25) is 5.91 Å². The number of amides is 1. The molecule has 0 saturated heterocycles.